The number of sulfonamides is 1. The fourth-order valence-corrected chi connectivity index (χ4v) is 5.84. The first kappa shape index (κ1) is 17.0. The van der Waals surface area contributed by atoms with Crippen molar-refractivity contribution in [3.8, 4) is 0 Å². The number of fused-ring (bicyclic) bond motifs is 2. The summed E-state index contributed by atoms with van der Waals surface area (Å²) in [6.45, 7) is 1.92. The Morgan fingerprint density at radius 3 is 2.61 bits per heavy atom. The molecule has 0 saturated carbocycles. The van der Waals surface area contributed by atoms with Crippen LogP contribution in [-0.2, 0) is 10.0 Å². The maximum Gasteiger partial charge on any atom is 0.243 e. The van der Waals surface area contributed by atoms with Crippen LogP contribution in [0.5, 0.6) is 0 Å². The molecule has 6 heteroatoms. The third kappa shape index (κ3) is 3.20. The molecule has 2 aliphatic heterocycles. The molecular weight excluding hydrogens is 334 g/mol. The second-order valence-corrected chi connectivity index (χ2v) is 8.63. The molecule has 2 bridgehead atoms. The van der Waals surface area contributed by atoms with Crippen LogP contribution in [0.3, 0.4) is 0 Å². The minimum atomic E-state index is -3.61. The van der Waals surface area contributed by atoms with Crippen LogP contribution in [0.15, 0.2) is 40.8 Å². The van der Waals surface area contributed by atoms with E-state index in [1.54, 1.807) is 28.6 Å². The van der Waals surface area contributed by atoms with Crippen LogP contribution in [0, 0.1) is 0 Å². The lowest BCUT2D eigenvalue weighted by Gasteiger charge is -2.40. The zero-order valence-corrected chi connectivity index (χ0v) is 14.7. The Balaban J connectivity index is 2.06. The van der Waals surface area contributed by atoms with Crippen LogP contribution in [-0.4, -0.2) is 36.0 Å². The number of nitrogens with zero attached hydrogens (tertiary/aromatic N) is 1. The number of rotatable bonds is 2. The van der Waals surface area contributed by atoms with Gasteiger partial charge in [-0.1, -0.05) is 23.3 Å². The second-order valence-electron chi connectivity index (χ2n) is 6.35. The molecule has 2 saturated heterocycles. The maximum absolute atomic E-state index is 13.2. The van der Waals surface area contributed by atoms with Gasteiger partial charge in [0, 0.05) is 17.1 Å². The number of allylic oxidation sites excluding steroid dienone is 1. The minimum Gasteiger partial charge on any atom is -0.393 e. The van der Waals surface area contributed by atoms with E-state index in [4.69, 9.17) is 11.6 Å². The lowest BCUT2D eigenvalue weighted by molar-refractivity contribution is 0.131. The quantitative estimate of drug-likeness (QED) is 0.827. The van der Waals surface area contributed by atoms with Crippen LogP contribution in [0.2, 0.25) is 5.02 Å². The number of aliphatic hydroxyl groups is 1. The van der Waals surface area contributed by atoms with Crippen LogP contribution in [0.1, 0.15) is 39.0 Å². The van der Waals surface area contributed by atoms with Crippen molar-refractivity contribution >= 4 is 21.6 Å². The molecule has 126 valence electrons. The first-order valence-electron chi connectivity index (χ1n) is 8.05. The Labute approximate surface area is 142 Å². The lowest BCUT2D eigenvalue weighted by Crippen LogP contribution is -2.49. The number of halogens is 1. The van der Waals surface area contributed by atoms with Gasteiger partial charge in [-0.2, -0.15) is 4.31 Å². The van der Waals surface area contributed by atoms with Gasteiger partial charge in [0.05, 0.1) is 11.0 Å². The molecule has 0 amide bonds. The fourth-order valence-electron chi connectivity index (χ4n) is 3.83. The highest BCUT2D eigenvalue weighted by molar-refractivity contribution is 7.89. The number of hydrogen-bond acceptors (Lipinski definition) is 3. The lowest BCUT2D eigenvalue weighted by atomic mass is 9.94. The molecule has 0 spiro atoms. The highest BCUT2D eigenvalue weighted by Gasteiger charge is 2.44. The topological polar surface area (TPSA) is 57.6 Å². The van der Waals surface area contributed by atoms with Crippen molar-refractivity contribution in [3.63, 3.8) is 0 Å². The fraction of sp³-hybridized carbons (Fsp3) is 0.529. The largest absolute Gasteiger partial charge is 0.393 e. The van der Waals surface area contributed by atoms with E-state index < -0.39 is 16.1 Å². The molecule has 1 aromatic rings. The van der Waals surface area contributed by atoms with Gasteiger partial charge in [0.25, 0.3) is 0 Å². The average Bonchev–Trinajstić information content (AvgIpc) is 2.60. The van der Waals surface area contributed by atoms with Crippen molar-refractivity contribution in [2.24, 2.45) is 0 Å². The summed E-state index contributed by atoms with van der Waals surface area (Å²) in [5.74, 6) is 0. The average molecular weight is 356 g/mol. The highest BCUT2D eigenvalue weighted by Crippen LogP contribution is 2.39. The molecule has 0 aliphatic carbocycles. The van der Waals surface area contributed by atoms with Gasteiger partial charge in [0.1, 0.15) is 0 Å². The zero-order chi connectivity index (χ0) is 16.6. The Hall–Kier alpha value is -0.880. The predicted molar refractivity (Wildman–Crippen MR) is 90.9 cm³/mol. The monoisotopic (exact) mass is 355 g/mol. The van der Waals surface area contributed by atoms with Crippen LogP contribution < -0.4 is 0 Å². The Morgan fingerprint density at radius 1 is 1.26 bits per heavy atom. The van der Waals surface area contributed by atoms with Crippen LogP contribution >= 0.6 is 11.6 Å². The summed E-state index contributed by atoms with van der Waals surface area (Å²) in [6, 6.07) is 6.05. The van der Waals surface area contributed by atoms with Crippen molar-refractivity contribution < 1.29 is 13.5 Å². The van der Waals surface area contributed by atoms with E-state index in [0.29, 0.717) is 17.9 Å². The van der Waals surface area contributed by atoms with E-state index in [-0.39, 0.29) is 17.0 Å². The zero-order valence-electron chi connectivity index (χ0n) is 13.2. The summed E-state index contributed by atoms with van der Waals surface area (Å²) in [4.78, 5) is 0.269. The molecule has 2 aliphatic rings. The molecule has 3 rings (SSSR count). The van der Waals surface area contributed by atoms with Crippen LogP contribution in [0.4, 0.5) is 0 Å². The van der Waals surface area contributed by atoms with E-state index in [2.05, 4.69) is 0 Å². The van der Waals surface area contributed by atoms with E-state index in [9.17, 15) is 13.5 Å². The number of benzene rings is 1. The second kappa shape index (κ2) is 6.55. The Bertz CT molecular complexity index is 699. The molecule has 23 heavy (non-hydrogen) atoms. The van der Waals surface area contributed by atoms with E-state index in [0.717, 1.165) is 24.8 Å². The summed E-state index contributed by atoms with van der Waals surface area (Å²) in [7, 11) is -3.61. The van der Waals surface area contributed by atoms with Gasteiger partial charge in [-0.05, 0) is 63.3 Å². The maximum atomic E-state index is 13.2. The molecule has 2 fully saturated rings. The summed E-state index contributed by atoms with van der Waals surface area (Å²) >= 11 is 5.88. The molecule has 0 radical (unpaired) electrons. The SMILES string of the molecule is C/C=C1\CC(O)CC2CCCC1N2S(=O)(=O)c1ccc(Cl)cc1. The first-order valence-corrected chi connectivity index (χ1v) is 9.87. The molecule has 4 nitrogen and oxygen atoms in total. The highest BCUT2D eigenvalue weighted by atomic mass is 35.5. The van der Waals surface area contributed by atoms with Crippen molar-refractivity contribution in [1.82, 2.24) is 4.31 Å². The van der Waals surface area contributed by atoms with Gasteiger partial charge < -0.3 is 5.11 Å². The smallest absolute Gasteiger partial charge is 0.243 e. The number of piperidine rings is 1. The van der Waals surface area contributed by atoms with Gasteiger partial charge in [-0.15, -0.1) is 0 Å². The number of hydrogen-bond donors (Lipinski definition) is 1. The summed E-state index contributed by atoms with van der Waals surface area (Å²) < 4.78 is 28.1. The third-order valence-electron chi connectivity index (χ3n) is 4.89. The van der Waals surface area contributed by atoms with Gasteiger partial charge in [0.15, 0.2) is 0 Å². The van der Waals surface area contributed by atoms with Crippen molar-refractivity contribution in [3.05, 3.63) is 40.9 Å². The van der Waals surface area contributed by atoms with E-state index in [1.807, 2.05) is 13.0 Å². The molecule has 2 heterocycles. The normalized spacial score (nSPS) is 31.1. The van der Waals surface area contributed by atoms with Gasteiger partial charge in [-0.25, -0.2) is 8.42 Å². The van der Waals surface area contributed by atoms with Crippen molar-refractivity contribution in [1.29, 1.82) is 0 Å². The van der Waals surface area contributed by atoms with Gasteiger partial charge >= 0.3 is 0 Å². The molecule has 0 aromatic heterocycles. The minimum absolute atomic E-state index is 0.137. The Morgan fingerprint density at radius 2 is 1.96 bits per heavy atom. The molecular formula is C17H22ClNO3S. The molecule has 3 atom stereocenters. The summed E-state index contributed by atoms with van der Waals surface area (Å²) in [5.41, 5.74) is 1.03. The molecule has 1 N–H and O–H groups in total. The van der Waals surface area contributed by atoms with Crippen LogP contribution in [0.25, 0.3) is 0 Å². The third-order valence-corrected chi connectivity index (χ3v) is 7.11. The van der Waals surface area contributed by atoms with Gasteiger partial charge in [0.2, 0.25) is 10.0 Å². The summed E-state index contributed by atoms with van der Waals surface area (Å²) in [5, 5.41) is 10.8. The number of aliphatic hydroxyl groups excluding tert-OH is 1. The van der Waals surface area contributed by atoms with Gasteiger partial charge in [-0.3, -0.25) is 0 Å². The van der Waals surface area contributed by atoms with Crippen molar-refractivity contribution in [2.45, 2.75) is 62.1 Å². The standard InChI is InChI=1S/C17H22ClNO3S/c1-2-12-10-15(20)11-14-4-3-5-17(12)19(14)23(21,22)16-8-6-13(18)7-9-16/h2,6-9,14-15,17,20H,3-5,10-11H2,1H3/b12-2+. The van der Waals surface area contributed by atoms with Crippen molar-refractivity contribution in [2.75, 3.05) is 0 Å². The molecule has 3 unspecified atom stereocenters. The first-order chi connectivity index (χ1) is 10.9. The molecule has 1 aromatic carbocycles. The predicted octanol–water partition coefficient (Wildman–Crippen LogP) is 3.35. The summed E-state index contributed by atoms with van der Waals surface area (Å²) in [6.07, 6.45) is 5.16. The van der Waals surface area contributed by atoms with E-state index in [1.165, 1.54) is 0 Å². The van der Waals surface area contributed by atoms with E-state index >= 15 is 0 Å². The Kier molecular flexibility index (Phi) is 4.83.